The maximum Gasteiger partial charge on any atom is 0.245 e. The van der Waals surface area contributed by atoms with Crippen LogP contribution in [0, 0.1) is 5.82 Å². The molecule has 6 atom stereocenters. The van der Waals surface area contributed by atoms with Crippen molar-refractivity contribution in [1.29, 1.82) is 0 Å². The number of nitrogens with one attached hydrogen (secondary N) is 6. The number of halogens is 1. The molecule has 25 heteroatoms. The Morgan fingerprint density at radius 2 is 1.29 bits per heavy atom. The summed E-state index contributed by atoms with van der Waals surface area (Å²) in [6, 6.07) is 8.53. The smallest absolute Gasteiger partial charge is 0.245 e. The van der Waals surface area contributed by atoms with Gasteiger partial charge in [0.05, 0.1) is 12.8 Å². The molecule has 386 valence electrons. The van der Waals surface area contributed by atoms with E-state index in [9.17, 15) is 38.4 Å². The molecular weight excluding hydrogens is 954 g/mol. The van der Waals surface area contributed by atoms with Crippen LogP contribution in [0.25, 0.3) is 10.9 Å². The number of aromatic amines is 1. The van der Waals surface area contributed by atoms with Gasteiger partial charge in [-0.2, -0.15) is 0 Å². The summed E-state index contributed by atoms with van der Waals surface area (Å²) in [5.41, 5.74) is 34.2. The molecular formula is C47H62FN15O8S. The molecule has 0 bridgehead atoms. The number of aromatic nitrogens is 1. The van der Waals surface area contributed by atoms with E-state index in [0.29, 0.717) is 12.0 Å². The van der Waals surface area contributed by atoms with Gasteiger partial charge in [-0.15, -0.1) is 11.3 Å². The van der Waals surface area contributed by atoms with Gasteiger partial charge < -0.3 is 70.9 Å². The van der Waals surface area contributed by atoms with Crippen LogP contribution < -0.4 is 61.0 Å². The fraction of sp³-hybridized carbons (Fsp3) is 0.404. The number of carbonyl (C=O) groups excluding carboxylic acids is 8. The number of guanidine groups is 2. The summed E-state index contributed by atoms with van der Waals surface area (Å²) in [5, 5.41) is 15.9. The number of hydrogen-bond acceptors (Lipinski definition) is 11. The molecule has 5 rings (SSSR count). The normalized spacial score (nSPS) is 15.2. The van der Waals surface area contributed by atoms with Crippen LogP contribution in [0.2, 0.25) is 0 Å². The number of benzene rings is 2. The number of nitrogens with zero attached hydrogens (tertiary/aromatic N) is 3. The highest BCUT2D eigenvalue weighted by Crippen LogP contribution is 2.22. The lowest BCUT2D eigenvalue weighted by Gasteiger charge is -2.31. The number of amides is 8. The van der Waals surface area contributed by atoms with Crippen LogP contribution in [0.1, 0.15) is 60.9 Å². The number of rotatable bonds is 27. The fourth-order valence-electron chi connectivity index (χ4n) is 8.18. The van der Waals surface area contributed by atoms with Gasteiger partial charge in [-0.05, 0) is 73.2 Å². The first-order valence-corrected chi connectivity index (χ1v) is 24.1. The highest BCUT2D eigenvalue weighted by atomic mass is 32.1. The summed E-state index contributed by atoms with van der Waals surface area (Å²) in [7, 11) is 0. The van der Waals surface area contributed by atoms with Crippen molar-refractivity contribution in [2.24, 2.45) is 44.4 Å². The number of hydrogen-bond donors (Lipinski definition) is 12. The Hall–Kier alpha value is -8.09. The van der Waals surface area contributed by atoms with Crippen molar-refractivity contribution in [3.8, 4) is 0 Å². The molecule has 0 saturated carbocycles. The Kier molecular flexibility index (Phi) is 20.4. The van der Waals surface area contributed by atoms with Crippen molar-refractivity contribution in [1.82, 2.24) is 36.5 Å². The molecule has 0 spiro atoms. The number of para-hydroxylation sites is 1. The molecule has 1 fully saturated rings. The van der Waals surface area contributed by atoms with E-state index in [-0.39, 0.29) is 88.5 Å². The second kappa shape index (κ2) is 26.8. The molecule has 72 heavy (non-hydrogen) atoms. The molecule has 0 aliphatic carbocycles. The average molecular weight is 1020 g/mol. The van der Waals surface area contributed by atoms with Crippen molar-refractivity contribution in [3.05, 3.63) is 94.1 Å². The minimum absolute atomic E-state index is 0.00225. The quantitative estimate of drug-likeness (QED) is 0.0180. The van der Waals surface area contributed by atoms with Crippen molar-refractivity contribution >= 4 is 81.4 Å². The summed E-state index contributed by atoms with van der Waals surface area (Å²) >= 11 is 1.37. The van der Waals surface area contributed by atoms with Crippen LogP contribution in [-0.2, 0) is 57.6 Å². The molecule has 2 aromatic heterocycles. The third-order valence-electron chi connectivity index (χ3n) is 11.7. The lowest BCUT2D eigenvalue weighted by molar-refractivity contribution is -0.142. The van der Waals surface area contributed by atoms with Gasteiger partial charge in [0.15, 0.2) is 11.9 Å². The first kappa shape index (κ1) is 54.8. The third-order valence-corrected chi connectivity index (χ3v) is 12.6. The van der Waals surface area contributed by atoms with E-state index in [1.807, 2.05) is 29.6 Å². The van der Waals surface area contributed by atoms with Crippen molar-refractivity contribution < 1.29 is 42.7 Å². The molecule has 23 nitrogen and oxygen atoms in total. The summed E-state index contributed by atoms with van der Waals surface area (Å²) in [5.74, 6) is -7.53. The highest BCUT2D eigenvalue weighted by molar-refractivity contribution is 7.10. The van der Waals surface area contributed by atoms with Crippen LogP contribution in [-0.4, -0.2) is 125 Å². The number of H-pyrrole nitrogens is 1. The number of primary amides is 2. The number of aliphatic imine (C=N–C) groups is 2. The van der Waals surface area contributed by atoms with Gasteiger partial charge in [0.25, 0.3) is 0 Å². The van der Waals surface area contributed by atoms with E-state index < -0.39 is 95.7 Å². The molecule has 8 amide bonds. The summed E-state index contributed by atoms with van der Waals surface area (Å²) in [4.78, 5) is 122. The van der Waals surface area contributed by atoms with Crippen LogP contribution >= 0.6 is 11.3 Å². The zero-order valence-corrected chi connectivity index (χ0v) is 40.3. The maximum absolute atomic E-state index is 15.3. The number of likely N-dealkylation sites (tertiary alicyclic amines) is 1. The number of carbonyl (C=O) groups is 8. The first-order valence-electron chi connectivity index (χ1n) is 23.2. The lowest BCUT2D eigenvalue weighted by atomic mass is 10.0. The molecule has 2 aromatic carbocycles. The first-order chi connectivity index (χ1) is 34.4. The van der Waals surface area contributed by atoms with Crippen molar-refractivity contribution in [2.75, 3.05) is 19.6 Å². The van der Waals surface area contributed by atoms with Crippen molar-refractivity contribution in [3.63, 3.8) is 0 Å². The van der Waals surface area contributed by atoms with E-state index in [4.69, 9.17) is 34.4 Å². The molecule has 0 radical (unpaired) electrons. The molecule has 1 saturated heterocycles. The molecule has 1 aliphatic rings. The summed E-state index contributed by atoms with van der Waals surface area (Å²) < 4.78 is 15.3. The number of thiophene rings is 1. The number of fused-ring (bicyclic) bond motifs is 1. The second-order valence-electron chi connectivity index (χ2n) is 17.1. The van der Waals surface area contributed by atoms with Crippen LogP contribution in [0.15, 0.2) is 82.2 Å². The van der Waals surface area contributed by atoms with Gasteiger partial charge in [0.1, 0.15) is 42.1 Å². The maximum atomic E-state index is 15.3. The SMILES string of the molecule is NC(=O)C[C@H](NC(=O)[C@H](CCCN=C(N)N)NC(=O)[C@@H]1CCCN1C(=O)[C@H](CCCN=C(N)N)NC(=O)[C@H](Cc1ccccc1F)NC(=O)[C@H](Cc1c[nH]c2ccccc12)NC(=O)Cc1cccs1)C(N)=O. The molecule has 0 unspecified atom stereocenters. The summed E-state index contributed by atoms with van der Waals surface area (Å²) in [6.45, 7) is 0.156. The highest BCUT2D eigenvalue weighted by Gasteiger charge is 2.40. The fourth-order valence-corrected chi connectivity index (χ4v) is 8.89. The van der Waals surface area contributed by atoms with E-state index in [2.05, 4.69) is 41.6 Å². The zero-order valence-electron chi connectivity index (χ0n) is 39.4. The number of nitrogens with two attached hydrogens (primary N) is 6. The average Bonchev–Trinajstić information content (AvgIpc) is 4.13. The standard InChI is InChI=1S/C47H62FN15O8S/c48-30-12-3-1-9-26(30)21-36(62-42(68)35(58-39(65)23-28-10-8-20-72-28)22-27-25-57-31-13-4-2-11-29(27)31)43(69)60-33(15-6-18-56-47(53)54)45(71)63-19-7-16-37(63)44(70)59-32(14-5-17-55-46(51)52)41(67)61-34(40(50)66)24-38(49)64/h1-4,8-13,20,25,32-37,57H,5-7,14-19,21-24H2,(H2,49,64)(H2,50,66)(H,58,65)(H,59,70)(H,60,69)(H,61,67)(H,62,68)(H4,51,52,55)(H4,53,54,56)/t32-,33-,34-,35-,36-,37-/m0/s1. The molecule has 18 N–H and O–H groups in total. The van der Waals surface area contributed by atoms with Gasteiger partial charge in [-0.25, -0.2) is 4.39 Å². The van der Waals surface area contributed by atoms with Crippen LogP contribution in [0.4, 0.5) is 4.39 Å². The largest absolute Gasteiger partial charge is 0.370 e. The van der Waals surface area contributed by atoms with E-state index in [1.165, 1.54) is 34.4 Å². The third kappa shape index (κ3) is 16.5. The van der Waals surface area contributed by atoms with Crippen LogP contribution in [0.3, 0.4) is 0 Å². The topological polar surface area (TPSA) is 397 Å². The molecule has 1 aliphatic heterocycles. The second-order valence-corrected chi connectivity index (χ2v) is 18.2. The van der Waals surface area contributed by atoms with Crippen molar-refractivity contribution in [2.45, 2.75) is 100 Å². The minimum Gasteiger partial charge on any atom is -0.370 e. The zero-order chi connectivity index (χ0) is 52.3. The van der Waals surface area contributed by atoms with Gasteiger partial charge >= 0.3 is 0 Å². The predicted octanol–water partition coefficient (Wildman–Crippen LogP) is -1.72. The Balaban J connectivity index is 1.41. The Bertz CT molecular complexity index is 2620. The van der Waals surface area contributed by atoms with Gasteiger partial charge in [0.2, 0.25) is 47.3 Å². The Labute approximate surface area is 417 Å². The van der Waals surface area contributed by atoms with E-state index in [0.717, 1.165) is 15.8 Å². The van der Waals surface area contributed by atoms with Gasteiger partial charge in [0, 0.05) is 54.5 Å². The molecule has 3 heterocycles. The van der Waals surface area contributed by atoms with Gasteiger partial charge in [-0.3, -0.25) is 48.3 Å². The Morgan fingerprint density at radius 1 is 0.694 bits per heavy atom. The monoisotopic (exact) mass is 1020 g/mol. The lowest BCUT2D eigenvalue weighted by Crippen LogP contribution is -2.60. The van der Waals surface area contributed by atoms with Crippen LogP contribution in [0.5, 0.6) is 0 Å². The minimum atomic E-state index is -1.52. The van der Waals surface area contributed by atoms with E-state index >= 15 is 4.39 Å². The Morgan fingerprint density at radius 3 is 1.93 bits per heavy atom. The van der Waals surface area contributed by atoms with E-state index in [1.54, 1.807) is 24.4 Å². The van der Waals surface area contributed by atoms with Gasteiger partial charge in [-0.1, -0.05) is 42.5 Å². The molecule has 4 aromatic rings. The predicted molar refractivity (Wildman–Crippen MR) is 267 cm³/mol. The summed E-state index contributed by atoms with van der Waals surface area (Å²) in [6.07, 6.45) is 1.38.